The Morgan fingerprint density at radius 3 is 2.36 bits per heavy atom. The van der Waals surface area contributed by atoms with E-state index >= 15 is 0 Å². The summed E-state index contributed by atoms with van der Waals surface area (Å²) in [6.07, 6.45) is 1.70. The van der Waals surface area contributed by atoms with Gasteiger partial charge in [-0.05, 0) is 85.3 Å². The molecule has 2 fully saturated rings. The molecule has 1 saturated heterocycles. The molecule has 0 aromatic heterocycles. The van der Waals surface area contributed by atoms with Crippen molar-refractivity contribution in [2.75, 3.05) is 13.1 Å². The molecule has 2 unspecified atom stereocenters. The Morgan fingerprint density at radius 2 is 1.58 bits per heavy atom. The first-order valence-corrected chi connectivity index (χ1v) is 15.1. The van der Waals surface area contributed by atoms with E-state index in [0.717, 1.165) is 36.1 Å². The van der Waals surface area contributed by atoms with Gasteiger partial charge < -0.3 is 15.0 Å². The average molecular weight is 609 g/mol. The lowest BCUT2D eigenvalue weighted by molar-refractivity contribution is -0.134. The molecule has 8 heteroatoms. The number of hydrogen-bond donors (Lipinski definition) is 1. The third-order valence-corrected chi connectivity index (χ3v) is 8.60. The summed E-state index contributed by atoms with van der Waals surface area (Å²) in [5.41, 5.74) is 2.26. The van der Waals surface area contributed by atoms with E-state index in [4.69, 9.17) is 4.74 Å². The molecule has 0 spiro atoms. The van der Waals surface area contributed by atoms with Gasteiger partial charge in [-0.15, -0.1) is 0 Å². The van der Waals surface area contributed by atoms with Crippen LogP contribution in [0.5, 0.6) is 5.75 Å². The van der Waals surface area contributed by atoms with E-state index in [1.165, 1.54) is 6.07 Å². The highest BCUT2D eigenvalue weighted by Gasteiger charge is 2.52. The van der Waals surface area contributed by atoms with Crippen LogP contribution >= 0.6 is 0 Å². The molecule has 6 rings (SSSR count). The minimum Gasteiger partial charge on any atom is -0.478 e. The number of amides is 2. The molecular formula is C37H34F2N2O4. The molecule has 45 heavy (non-hydrogen) atoms. The number of ether oxygens (including phenoxy) is 1. The molecule has 3 atom stereocenters. The van der Waals surface area contributed by atoms with E-state index in [2.05, 4.69) is 5.32 Å². The highest BCUT2D eigenvalue weighted by molar-refractivity contribution is 6.10. The predicted octanol–water partition coefficient (Wildman–Crippen LogP) is 6.66. The number of nitrogens with zero attached hydrogens (tertiary/aromatic N) is 1. The zero-order valence-corrected chi connectivity index (χ0v) is 25.1. The average Bonchev–Trinajstić information content (AvgIpc) is 3.70. The van der Waals surface area contributed by atoms with E-state index in [1.54, 1.807) is 44.2 Å². The van der Waals surface area contributed by atoms with E-state index in [-0.39, 0.29) is 29.4 Å². The maximum Gasteiger partial charge on any atom is 0.264 e. The van der Waals surface area contributed by atoms with Gasteiger partial charge in [0.1, 0.15) is 11.8 Å². The lowest BCUT2D eigenvalue weighted by Crippen LogP contribution is -2.48. The van der Waals surface area contributed by atoms with Crippen molar-refractivity contribution in [3.63, 3.8) is 0 Å². The molecule has 230 valence electrons. The summed E-state index contributed by atoms with van der Waals surface area (Å²) in [6.45, 7) is 4.47. The number of hydrogen-bond acceptors (Lipinski definition) is 4. The molecule has 1 saturated carbocycles. The third-order valence-electron chi connectivity index (χ3n) is 8.60. The molecule has 2 amide bonds. The number of nitrogens with one attached hydrogen (secondary N) is 1. The van der Waals surface area contributed by atoms with Crippen molar-refractivity contribution in [1.29, 1.82) is 0 Å². The number of halogens is 2. The number of carbonyl (C=O) groups excluding carboxylic acids is 3. The van der Waals surface area contributed by atoms with Gasteiger partial charge in [0.05, 0.1) is 5.92 Å². The number of ketones is 1. The monoisotopic (exact) mass is 608 g/mol. The molecule has 0 radical (unpaired) electrons. The number of likely N-dealkylation sites (tertiary alicyclic amines) is 1. The molecule has 1 aliphatic carbocycles. The van der Waals surface area contributed by atoms with Crippen molar-refractivity contribution in [2.45, 2.75) is 50.2 Å². The van der Waals surface area contributed by atoms with Gasteiger partial charge in [-0.2, -0.15) is 0 Å². The van der Waals surface area contributed by atoms with Gasteiger partial charge in [-0.25, -0.2) is 8.78 Å². The number of rotatable bonds is 8. The first-order chi connectivity index (χ1) is 21.6. The molecule has 1 heterocycles. The number of benzene rings is 4. The second-order valence-corrected chi connectivity index (χ2v) is 12.2. The zero-order chi connectivity index (χ0) is 31.7. The summed E-state index contributed by atoms with van der Waals surface area (Å²) in [5, 5.41) is 2.85. The summed E-state index contributed by atoms with van der Waals surface area (Å²) < 4.78 is 33.4. The topological polar surface area (TPSA) is 75.7 Å². The number of piperidine rings is 1. The first-order valence-electron chi connectivity index (χ1n) is 15.1. The van der Waals surface area contributed by atoms with Crippen molar-refractivity contribution in [1.82, 2.24) is 10.2 Å². The van der Waals surface area contributed by atoms with Gasteiger partial charge in [0, 0.05) is 24.6 Å². The van der Waals surface area contributed by atoms with Crippen LogP contribution in [0, 0.1) is 11.6 Å². The molecule has 2 aliphatic rings. The van der Waals surface area contributed by atoms with Gasteiger partial charge in [0.2, 0.25) is 0 Å². The number of Topliss-reactive ketones (excluding diaryl/α,β-unsaturated/α-hetero) is 1. The third kappa shape index (κ3) is 6.50. The Morgan fingerprint density at radius 1 is 0.844 bits per heavy atom. The standard InChI is InChI=1S/C37H34F2N2O4/c1-37(2,36(44)40-33-32(34(33)42)23-9-4-3-5-10-23)45-29-15-7-12-25(20-29)28-14-8-18-41(22-28)35(43)27-13-6-11-24(19-27)26-16-17-30(38)31(39)21-26/h3-7,9-13,15-17,19-21,28,32-33H,8,14,18,22H2,1-2H3,(H,40,44)/t28?,32?,33-/m1/s1. The van der Waals surface area contributed by atoms with E-state index in [0.29, 0.717) is 35.5 Å². The zero-order valence-electron chi connectivity index (χ0n) is 25.1. The highest BCUT2D eigenvalue weighted by Crippen LogP contribution is 2.37. The van der Waals surface area contributed by atoms with Gasteiger partial charge in [-0.3, -0.25) is 14.4 Å². The lowest BCUT2D eigenvalue weighted by atomic mass is 9.90. The van der Waals surface area contributed by atoms with Crippen LogP contribution in [0.3, 0.4) is 0 Å². The Kier molecular flexibility index (Phi) is 8.23. The van der Waals surface area contributed by atoms with Crippen LogP contribution in [-0.4, -0.2) is 47.2 Å². The van der Waals surface area contributed by atoms with Gasteiger partial charge in [0.25, 0.3) is 11.8 Å². The Bertz CT molecular complexity index is 1760. The second-order valence-electron chi connectivity index (χ2n) is 12.2. The quantitative estimate of drug-likeness (QED) is 0.243. The Hall–Kier alpha value is -4.85. The van der Waals surface area contributed by atoms with Crippen LogP contribution in [-0.2, 0) is 9.59 Å². The summed E-state index contributed by atoms with van der Waals surface area (Å²) in [7, 11) is 0. The summed E-state index contributed by atoms with van der Waals surface area (Å²) in [6, 6.07) is 27.1. The largest absolute Gasteiger partial charge is 0.478 e. The first kappa shape index (κ1) is 30.2. The smallest absolute Gasteiger partial charge is 0.264 e. The number of carbonyl (C=O) groups is 3. The predicted molar refractivity (Wildman–Crippen MR) is 167 cm³/mol. The fourth-order valence-corrected chi connectivity index (χ4v) is 6.02. The van der Waals surface area contributed by atoms with Crippen LogP contribution in [0.15, 0.2) is 97.1 Å². The van der Waals surface area contributed by atoms with Crippen LogP contribution in [0.25, 0.3) is 11.1 Å². The fraction of sp³-hybridized carbons (Fsp3) is 0.270. The van der Waals surface area contributed by atoms with Crippen LogP contribution in [0.1, 0.15) is 60.0 Å². The Balaban J connectivity index is 1.10. The molecule has 6 nitrogen and oxygen atoms in total. The molecule has 0 bridgehead atoms. The maximum absolute atomic E-state index is 13.8. The van der Waals surface area contributed by atoms with Gasteiger partial charge >= 0.3 is 0 Å². The van der Waals surface area contributed by atoms with Gasteiger partial charge in [-0.1, -0.05) is 60.7 Å². The maximum atomic E-state index is 13.8. The molecule has 1 N–H and O–H groups in total. The van der Waals surface area contributed by atoms with Crippen LogP contribution < -0.4 is 10.1 Å². The highest BCUT2D eigenvalue weighted by atomic mass is 19.2. The molecular weight excluding hydrogens is 574 g/mol. The van der Waals surface area contributed by atoms with E-state index < -0.39 is 23.3 Å². The van der Waals surface area contributed by atoms with Crippen molar-refractivity contribution in [3.05, 3.63) is 125 Å². The van der Waals surface area contributed by atoms with Crippen molar-refractivity contribution >= 4 is 17.6 Å². The van der Waals surface area contributed by atoms with Crippen molar-refractivity contribution in [3.8, 4) is 16.9 Å². The second kappa shape index (κ2) is 12.3. The molecule has 4 aromatic carbocycles. The fourth-order valence-electron chi connectivity index (χ4n) is 6.02. The van der Waals surface area contributed by atoms with E-state index in [9.17, 15) is 23.2 Å². The molecule has 4 aromatic rings. The van der Waals surface area contributed by atoms with Crippen molar-refractivity contribution < 1.29 is 27.9 Å². The SMILES string of the molecule is CC(C)(Oc1cccc(C2CCCN(C(=O)c3cccc(-c4ccc(F)c(F)c4)c3)C2)c1)C(=O)N[C@H]1C(=O)C1c1ccccc1. The van der Waals surface area contributed by atoms with Crippen molar-refractivity contribution in [2.24, 2.45) is 0 Å². The minimum atomic E-state index is -1.23. The summed E-state index contributed by atoms with van der Waals surface area (Å²) >= 11 is 0. The summed E-state index contributed by atoms with van der Waals surface area (Å²) in [4.78, 5) is 40.9. The van der Waals surface area contributed by atoms with Crippen LogP contribution in [0.4, 0.5) is 8.78 Å². The lowest BCUT2D eigenvalue weighted by Gasteiger charge is -2.33. The van der Waals surface area contributed by atoms with E-state index in [1.807, 2.05) is 53.4 Å². The molecule has 1 aliphatic heterocycles. The Labute approximate surface area is 261 Å². The van der Waals surface area contributed by atoms with Gasteiger partial charge in [0.15, 0.2) is 23.0 Å². The minimum absolute atomic E-state index is 0.0140. The van der Waals surface area contributed by atoms with Crippen LogP contribution in [0.2, 0.25) is 0 Å². The normalized spacial score (nSPS) is 19.6. The summed E-state index contributed by atoms with van der Waals surface area (Å²) in [5.74, 6) is -2.11.